The fourth-order valence-corrected chi connectivity index (χ4v) is 2.74. The van der Waals surface area contributed by atoms with Gasteiger partial charge in [0.15, 0.2) is 11.6 Å². The number of hydrogen-bond acceptors (Lipinski definition) is 2. The highest BCUT2D eigenvalue weighted by molar-refractivity contribution is 9.10. The number of anilines is 1. The Kier molecular flexibility index (Phi) is 3.80. The maximum atomic E-state index is 13.5. The van der Waals surface area contributed by atoms with E-state index in [1.165, 1.54) is 0 Å². The zero-order valence-corrected chi connectivity index (χ0v) is 12.4. The van der Waals surface area contributed by atoms with Crippen molar-refractivity contribution in [2.45, 2.75) is 12.5 Å². The molecule has 0 saturated carbocycles. The number of benzene rings is 2. The average Bonchev–Trinajstić information content (AvgIpc) is 2.79. The van der Waals surface area contributed by atoms with Gasteiger partial charge in [-0.2, -0.15) is 0 Å². The fraction of sp³-hybridized carbons (Fsp3) is 0.200. The van der Waals surface area contributed by atoms with Gasteiger partial charge in [0.1, 0.15) is 23.4 Å². The monoisotopic (exact) mass is 357 g/mol. The van der Waals surface area contributed by atoms with Crippen molar-refractivity contribution in [3.63, 3.8) is 0 Å². The van der Waals surface area contributed by atoms with Crippen LogP contribution in [0.5, 0.6) is 5.75 Å². The lowest BCUT2D eigenvalue weighted by Gasteiger charge is -2.14. The number of halogens is 4. The van der Waals surface area contributed by atoms with Crippen molar-refractivity contribution in [1.82, 2.24) is 0 Å². The summed E-state index contributed by atoms with van der Waals surface area (Å²) < 4.78 is 46.5. The van der Waals surface area contributed by atoms with E-state index in [2.05, 4.69) is 21.2 Å². The molecule has 1 N–H and O–H groups in total. The molecule has 2 nitrogen and oxygen atoms in total. The van der Waals surface area contributed by atoms with Crippen LogP contribution in [-0.4, -0.2) is 12.6 Å². The van der Waals surface area contributed by atoms with Crippen LogP contribution in [0.2, 0.25) is 0 Å². The Hall–Kier alpha value is -1.69. The summed E-state index contributed by atoms with van der Waals surface area (Å²) in [5.41, 5.74) is 0.702. The Morgan fingerprint density at radius 3 is 2.57 bits per heavy atom. The number of hydrogen-bond donors (Lipinski definition) is 1. The molecule has 0 fully saturated rings. The maximum Gasteiger partial charge on any atom is 0.152 e. The van der Waals surface area contributed by atoms with Crippen LogP contribution in [0.25, 0.3) is 0 Å². The van der Waals surface area contributed by atoms with Gasteiger partial charge in [-0.15, -0.1) is 0 Å². The van der Waals surface area contributed by atoms with Crippen molar-refractivity contribution < 1.29 is 17.9 Å². The minimum Gasteiger partial charge on any atom is -0.488 e. The molecule has 2 aromatic rings. The highest BCUT2D eigenvalue weighted by atomic mass is 79.9. The highest BCUT2D eigenvalue weighted by Gasteiger charge is 2.23. The molecule has 1 unspecified atom stereocenters. The first-order chi connectivity index (χ1) is 10.0. The van der Waals surface area contributed by atoms with Crippen LogP contribution < -0.4 is 10.1 Å². The molecule has 0 spiro atoms. The minimum absolute atomic E-state index is 0.224. The fourth-order valence-electron chi connectivity index (χ4n) is 2.33. The summed E-state index contributed by atoms with van der Waals surface area (Å²) in [4.78, 5) is 0. The van der Waals surface area contributed by atoms with Gasteiger partial charge in [0.25, 0.3) is 0 Å². The van der Waals surface area contributed by atoms with Crippen molar-refractivity contribution in [3.8, 4) is 5.75 Å². The Morgan fingerprint density at radius 2 is 1.86 bits per heavy atom. The van der Waals surface area contributed by atoms with E-state index >= 15 is 0 Å². The van der Waals surface area contributed by atoms with Crippen LogP contribution in [0.4, 0.5) is 18.9 Å². The zero-order chi connectivity index (χ0) is 15.0. The Balaban J connectivity index is 1.68. The van der Waals surface area contributed by atoms with Gasteiger partial charge in [-0.25, -0.2) is 13.2 Å². The van der Waals surface area contributed by atoms with Gasteiger partial charge in [-0.05, 0) is 23.8 Å². The summed E-state index contributed by atoms with van der Waals surface area (Å²) >= 11 is 3.38. The Morgan fingerprint density at radius 1 is 1.14 bits per heavy atom. The molecule has 3 rings (SSSR count). The number of nitrogens with one attached hydrogen (secondary N) is 1. The van der Waals surface area contributed by atoms with Crippen LogP contribution in [0.3, 0.4) is 0 Å². The quantitative estimate of drug-likeness (QED) is 0.884. The molecule has 0 saturated heterocycles. The van der Waals surface area contributed by atoms with Crippen LogP contribution in [0.1, 0.15) is 5.56 Å². The largest absolute Gasteiger partial charge is 0.488 e. The molecule has 0 aliphatic carbocycles. The lowest BCUT2D eigenvalue weighted by Crippen LogP contribution is -2.24. The predicted octanol–water partition coefficient (Wildman–Crippen LogP) is 4.28. The Bertz CT molecular complexity index is 670. The zero-order valence-electron chi connectivity index (χ0n) is 10.8. The molecule has 1 heterocycles. The average molecular weight is 358 g/mol. The number of rotatable bonds is 3. The number of fused-ring (bicyclic) bond motifs is 1. The minimum atomic E-state index is -0.953. The smallest absolute Gasteiger partial charge is 0.152 e. The molecule has 0 bridgehead atoms. The summed E-state index contributed by atoms with van der Waals surface area (Å²) in [6, 6.07) is 6.96. The molecule has 0 amide bonds. The van der Waals surface area contributed by atoms with E-state index < -0.39 is 17.5 Å². The highest BCUT2D eigenvalue weighted by Crippen LogP contribution is 2.31. The molecular weight excluding hydrogens is 347 g/mol. The van der Waals surface area contributed by atoms with Crippen molar-refractivity contribution in [1.29, 1.82) is 0 Å². The van der Waals surface area contributed by atoms with E-state index in [9.17, 15) is 13.2 Å². The molecule has 0 radical (unpaired) electrons. The topological polar surface area (TPSA) is 21.3 Å². The molecule has 1 aliphatic heterocycles. The Labute approximate surface area is 128 Å². The van der Waals surface area contributed by atoms with Gasteiger partial charge in [-0.3, -0.25) is 0 Å². The van der Waals surface area contributed by atoms with Gasteiger partial charge in [0.2, 0.25) is 0 Å². The normalized spacial score (nSPS) is 16.5. The van der Waals surface area contributed by atoms with E-state index in [0.717, 1.165) is 15.8 Å². The van der Waals surface area contributed by atoms with Gasteiger partial charge < -0.3 is 10.1 Å². The number of ether oxygens (including phenoxy) is 1. The summed E-state index contributed by atoms with van der Waals surface area (Å²) in [6.07, 6.45) is 0.421. The third-order valence-electron chi connectivity index (χ3n) is 3.28. The predicted molar refractivity (Wildman–Crippen MR) is 77.1 cm³/mol. The second kappa shape index (κ2) is 5.60. The van der Waals surface area contributed by atoms with E-state index in [-0.39, 0.29) is 18.3 Å². The first kappa shape index (κ1) is 14.3. The molecule has 21 heavy (non-hydrogen) atoms. The van der Waals surface area contributed by atoms with Crippen molar-refractivity contribution in [2.75, 3.05) is 11.9 Å². The molecule has 110 valence electrons. The first-order valence-corrected chi connectivity index (χ1v) is 7.16. The van der Waals surface area contributed by atoms with Gasteiger partial charge in [0, 0.05) is 23.0 Å². The van der Waals surface area contributed by atoms with Gasteiger partial charge >= 0.3 is 0 Å². The van der Waals surface area contributed by atoms with Gasteiger partial charge in [0.05, 0.1) is 6.54 Å². The van der Waals surface area contributed by atoms with Crippen molar-refractivity contribution in [3.05, 3.63) is 57.8 Å². The molecule has 2 aromatic carbocycles. The molecule has 6 heteroatoms. The maximum absolute atomic E-state index is 13.5. The summed E-state index contributed by atoms with van der Waals surface area (Å²) in [6.45, 7) is 0.228. The van der Waals surface area contributed by atoms with Crippen LogP contribution in [0, 0.1) is 17.5 Å². The van der Waals surface area contributed by atoms with E-state index in [1.807, 2.05) is 18.2 Å². The lowest BCUT2D eigenvalue weighted by molar-refractivity contribution is 0.246. The van der Waals surface area contributed by atoms with Gasteiger partial charge in [-0.1, -0.05) is 15.9 Å². The SMILES string of the molecule is Fc1cc(F)c(NCC2Cc3cc(Br)ccc3O2)c(F)c1. The van der Waals surface area contributed by atoms with Crippen LogP contribution in [0.15, 0.2) is 34.8 Å². The molecular formula is C15H11BrF3NO. The molecule has 1 atom stereocenters. The first-order valence-electron chi connectivity index (χ1n) is 6.36. The van der Waals surface area contributed by atoms with Crippen molar-refractivity contribution in [2.24, 2.45) is 0 Å². The summed E-state index contributed by atoms with van der Waals surface area (Å²) in [5.74, 6) is -2.08. The van der Waals surface area contributed by atoms with Crippen LogP contribution >= 0.6 is 15.9 Å². The lowest BCUT2D eigenvalue weighted by atomic mass is 10.1. The van der Waals surface area contributed by atoms with E-state index in [0.29, 0.717) is 18.6 Å². The third kappa shape index (κ3) is 3.00. The van der Waals surface area contributed by atoms with E-state index in [1.54, 1.807) is 0 Å². The van der Waals surface area contributed by atoms with Crippen LogP contribution in [-0.2, 0) is 6.42 Å². The van der Waals surface area contributed by atoms with Crippen molar-refractivity contribution >= 4 is 21.6 Å². The molecule has 0 aromatic heterocycles. The summed E-state index contributed by atoms with van der Waals surface area (Å²) in [5, 5.41) is 2.65. The second-order valence-corrected chi connectivity index (χ2v) is 5.74. The van der Waals surface area contributed by atoms with E-state index in [4.69, 9.17) is 4.74 Å². The standard InChI is InChI=1S/C15H11BrF3NO/c16-9-1-2-14-8(3-9)4-11(21-14)7-20-15-12(18)5-10(17)6-13(15)19/h1-3,5-6,11,20H,4,7H2. The molecule has 1 aliphatic rings. The second-order valence-electron chi connectivity index (χ2n) is 4.82. The third-order valence-corrected chi connectivity index (χ3v) is 3.77. The summed E-state index contributed by atoms with van der Waals surface area (Å²) in [7, 11) is 0.